The molecular formula is C20H19N3O3S. The third kappa shape index (κ3) is 3.83. The van der Waals surface area contributed by atoms with E-state index in [1.54, 1.807) is 0 Å². The van der Waals surface area contributed by atoms with Crippen LogP contribution in [0.15, 0.2) is 47.5 Å². The molecule has 0 saturated carbocycles. The lowest BCUT2D eigenvalue weighted by Gasteiger charge is -2.13. The quantitative estimate of drug-likeness (QED) is 0.539. The molecule has 0 radical (unpaired) electrons. The lowest BCUT2D eigenvalue weighted by molar-refractivity contribution is -0.120. The highest BCUT2D eigenvalue weighted by Gasteiger charge is 2.18. The minimum Gasteiger partial charge on any atom is -0.454 e. The topological polar surface area (TPSA) is 73.3 Å². The van der Waals surface area contributed by atoms with E-state index in [0.29, 0.717) is 18.1 Å². The molecule has 2 aromatic carbocycles. The number of carbonyl (C=O) groups is 1. The average molecular weight is 381 g/mol. The summed E-state index contributed by atoms with van der Waals surface area (Å²) in [5.41, 5.74) is 1.86. The maximum atomic E-state index is 12.5. The van der Waals surface area contributed by atoms with E-state index in [9.17, 15) is 4.79 Å². The second kappa shape index (κ2) is 7.44. The van der Waals surface area contributed by atoms with Crippen LogP contribution in [0.2, 0.25) is 0 Å². The number of nitrogens with zero attached hydrogens (tertiary/aromatic N) is 2. The Morgan fingerprint density at radius 3 is 2.89 bits per heavy atom. The van der Waals surface area contributed by atoms with Gasteiger partial charge in [-0.3, -0.25) is 4.79 Å². The molecule has 2 heterocycles. The van der Waals surface area contributed by atoms with E-state index in [1.165, 1.54) is 11.8 Å². The molecule has 0 aliphatic carbocycles. The van der Waals surface area contributed by atoms with Crippen molar-refractivity contribution in [1.82, 2.24) is 15.3 Å². The van der Waals surface area contributed by atoms with Crippen LogP contribution in [-0.2, 0) is 11.3 Å². The van der Waals surface area contributed by atoms with Crippen LogP contribution < -0.4 is 14.8 Å². The van der Waals surface area contributed by atoms with Gasteiger partial charge in [0, 0.05) is 11.9 Å². The number of fused-ring (bicyclic) bond motifs is 2. The van der Waals surface area contributed by atoms with Crippen molar-refractivity contribution in [2.75, 3.05) is 6.79 Å². The Balaban J connectivity index is 1.42. The Kier molecular flexibility index (Phi) is 4.85. The number of amides is 1. The molecule has 1 amide bonds. The number of aromatic nitrogens is 2. The number of aryl methyl sites for hydroxylation is 1. The third-order valence-electron chi connectivity index (χ3n) is 4.24. The number of benzene rings is 2. The second-order valence-corrected chi connectivity index (χ2v) is 7.59. The van der Waals surface area contributed by atoms with E-state index in [2.05, 4.69) is 15.3 Å². The molecule has 1 atom stereocenters. The summed E-state index contributed by atoms with van der Waals surface area (Å²) < 4.78 is 10.7. The molecule has 0 unspecified atom stereocenters. The Morgan fingerprint density at radius 1 is 1.19 bits per heavy atom. The van der Waals surface area contributed by atoms with Gasteiger partial charge in [-0.25, -0.2) is 9.97 Å². The molecular weight excluding hydrogens is 362 g/mol. The van der Waals surface area contributed by atoms with Crippen molar-refractivity contribution in [3.63, 3.8) is 0 Å². The fourth-order valence-electron chi connectivity index (χ4n) is 2.85. The zero-order chi connectivity index (χ0) is 18.8. The first-order valence-electron chi connectivity index (χ1n) is 8.66. The summed E-state index contributed by atoms with van der Waals surface area (Å²) in [4.78, 5) is 21.5. The van der Waals surface area contributed by atoms with Crippen LogP contribution in [0.4, 0.5) is 0 Å². The maximum Gasteiger partial charge on any atom is 0.233 e. The molecule has 1 N–H and O–H groups in total. The lowest BCUT2D eigenvalue weighted by Crippen LogP contribution is -2.30. The molecule has 6 nitrogen and oxygen atoms in total. The molecule has 1 aromatic heterocycles. The van der Waals surface area contributed by atoms with Gasteiger partial charge < -0.3 is 14.8 Å². The van der Waals surface area contributed by atoms with Gasteiger partial charge in [0.15, 0.2) is 11.5 Å². The van der Waals surface area contributed by atoms with Crippen molar-refractivity contribution in [1.29, 1.82) is 0 Å². The first-order valence-corrected chi connectivity index (χ1v) is 9.54. The molecule has 3 aromatic rings. The van der Waals surface area contributed by atoms with Crippen LogP contribution >= 0.6 is 11.8 Å². The van der Waals surface area contributed by atoms with Gasteiger partial charge in [-0.15, -0.1) is 0 Å². The summed E-state index contributed by atoms with van der Waals surface area (Å²) in [6.07, 6.45) is 0. The van der Waals surface area contributed by atoms with E-state index in [4.69, 9.17) is 9.47 Å². The molecule has 27 heavy (non-hydrogen) atoms. The fourth-order valence-corrected chi connectivity index (χ4v) is 3.86. The molecule has 7 heteroatoms. The van der Waals surface area contributed by atoms with Crippen LogP contribution in [0.3, 0.4) is 0 Å². The zero-order valence-electron chi connectivity index (χ0n) is 15.1. The van der Waals surface area contributed by atoms with Crippen molar-refractivity contribution >= 4 is 28.6 Å². The SMILES string of the molecule is Cc1nc(S[C@H](C)C(=O)NCc2ccc3c(c2)OCO3)c2ccccc2n1. The van der Waals surface area contributed by atoms with Gasteiger partial charge in [-0.2, -0.15) is 0 Å². The van der Waals surface area contributed by atoms with Gasteiger partial charge in [-0.05, 0) is 37.6 Å². The summed E-state index contributed by atoms with van der Waals surface area (Å²) in [5.74, 6) is 2.11. The van der Waals surface area contributed by atoms with Crippen LogP contribution in [-0.4, -0.2) is 27.9 Å². The van der Waals surface area contributed by atoms with Gasteiger partial charge in [-0.1, -0.05) is 36.0 Å². The molecule has 1 aliphatic heterocycles. The predicted molar refractivity (Wildman–Crippen MR) is 104 cm³/mol. The van der Waals surface area contributed by atoms with Crippen molar-refractivity contribution < 1.29 is 14.3 Å². The maximum absolute atomic E-state index is 12.5. The molecule has 0 bridgehead atoms. The first-order chi connectivity index (χ1) is 13.1. The third-order valence-corrected chi connectivity index (χ3v) is 5.34. The highest BCUT2D eigenvalue weighted by Crippen LogP contribution is 2.32. The summed E-state index contributed by atoms with van der Waals surface area (Å²) in [6.45, 7) is 4.42. The molecule has 1 aliphatic rings. The van der Waals surface area contributed by atoms with Crippen LogP contribution in [0, 0.1) is 6.92 Å². The van der Waals surface area contributed by atoms with E-state index in [1.807, 2.05) is 56.3 Å². The predicted octanol–water partition coefficient (Wildman–Crippen LogP) is 3.46. The van der Waals surface area contributed by atoms with Crippen molar-refractivity contribution in [3.05, 3.63) is 53.9 Å². The summed E-state index contributed by atoms with van der Waals surface area (Å²) in [7, 11) is 0. The van der Waals surface area contributed by atoms with E-state index in [0.717, 1.165) is 27.2 Å². The number of carbonyl (C=O) groups excluding carboxylic acids is 1. The second-order valence-electron chi connectivity index (χ2n) is 6.26. The number of hydrogen-bond donors (Lipinski definition) is 1. The fraction of sp³-hybridized carbons (Fsp3) is 0.250. The normalized spacial score (nSPS) is 13.6. The number of nitrogens with one attached hydrogen (secondary N) is 1. The zero-order valence-corrected chi connectivity index (χ0v) is 15.9. The van der Waals surface area contributed by atoms with Crippen molar-refractivity contribution in [2.24, 2.45) is 0 Å². The smallest absolute Gasteiger partial charge is 0.233 e. The van der Waals surface area contributed by atoms with Crippen LogP contribution in [0.1, 0.15) is 18.3 Å². The van der Waals surface area contributed by atoms with E-state index < -0.39 is 0 Å². The standard InChI is InChI=1S/C20H19N3O3S/c1-12(27-20-15-5-3-4-6-16(15)22-13(2)23-20)19(24)21-10-14-7-8-17-18(9-14)26-11-25-17/h3-9,12H,10-11H2,1-2H3,(H,21,24)/t12-/m1/s1. The van der Waals surface area contributed by atoms with Crippen LogP contribution in [0.5, 0.6) is 11.5 Å². The Labute approximate surface area is 161 Å². The highest BCUT2D eigenvalue weighted by atomic mass is 32.2. The van der Waals surface area contributed by atoms with Crippen molar-refractivity contribution in [2.45, 2.75) is 30.7 Å². The first kappa shape index (κ1) is 17.6. The van der Waals surface area contributed by atoms with E-state index in [-0.39, 0.29) is 18.0 Å². The van der Waals surface area contributed by atoms with Crippen LogP contribution in [0.25, 0.3) is 10.9 Å². The Morgan fingerprint density at radius 2 is 2.00 bits per heavy atom. The summed E-state index contributed by atoms with van der Waals surface area (Å²) in [5, 5.41) is 4.48. The Bertz CT molecular complexity index is 1010. The minimum absolute atomic E-state index is 0.0435. The van der Waals surface area contributed by atoms with Gasteiger partial charge in [0.2, 0.25) is 12.7 Å². The lowest BCUT2D eigenvalue weighted by atomic mass is 10.2. The minimum atomic E-state index is -0.281. The largest absolute Gasteiger partial charge is 0.454 e. The number of rotatable bonds is 5. The van der Waals surface area contributed by atoms with E-state index >= 15 is 0 Å². The molecule has 0 fully saturated rings. The number of para-hydroxylation sites is 1. The molecule has 4 rings (SSSR count). The highest BCUT2D eigenvalue weighted by molar-refractivity contribution is 8.00. The van der Waals surface area contributed by atoms with Gasteiger partial charge in [0.25, 0.3) is 0 Å². The summed E-state index contributed by atoms with van der Waals surface area (Å²) >= 11 is 1.44. The monoisotopic (exact) mass is 381 g/mol. The number of hydrogen-bond acceptors (Lipinski definition) is 6. The summed E-state index contributed by atoms with van der Waals surface area (Å²) in [6, 6.07) is 13.5. The number of ether oxygens (including phenoxy) is 2. The van der Waals surface area contributed by atoms with Gasteiger partial charge in [0.1, 0.15) is 10.9 Å². The van der Waals surface area contributed by atoms with Crippen molar-refractivity contribution in [3.8, 4) is 11.5 Å². The Hall–Kier alpha value is -2.80. The molecule has 138 valence electrons. The average Bonchev–Trinajstić information content (AvgIpc) is 3.13. The van der Waals surface area contributed by atoms with Gasteiger partial charge >= 0.3 is 0 Å². The molecule has 0 saturated heterocycles. The molecule has 0 spiro atoms. The van der Waals surface area contributed by atoms with Gasteiger partial charge in [0.05, 0.1) is 10.8 Å². The number of thioether (sulfide) groups is 1.